The third-order valence-electron chi connectivity index (χ3n) is 18.7. The Kier molecular flexibility index (Phi) is 12.6. The summed E-state index contributed by atoms with van der Waals surface area (Å²) >= 11 is 1.60. The van der Waals surface area contributed by atoms with E-state index in [-0.39, 0.29) is 0 Å². The number of hydrogen-bond acceptors (Lipinski definition) is 7. The fraction of sp³-hybridized carbons (Fsp3) is 0. The highest BCUT2D eigenvalue weighted by atomic mass is 32.1. The summed E-state index contributed by atoms with van der Waals surface area (Å²) in [5.74, 6) is 1.35. The van der Waals surface area contributed by atoms with Crippen molar-refractivity contribution < 1.29 is 0 Å². The highest BCUT2D eigenvalue weighted by Gasteiger charge is 2.21. The number of nitrogens with zero attached hydrogens (tertiary/aromatic N) is 8. The molecule has 5 aromatic heterocycles. The summed E-state index contributed by atoms with van der Waals surface area (Å²) in [5, 5.41) is 23.1. The van der Waals surface area contributed by atoms with Crippen LogP contribution in [0, 0.1) is 0 Å². The van der Waals surface area contributed by atoms with Crippen molar-refractivity contribution in [2.24, 2.45) is 0 Å². The van der Waals surface area contributed by atoms with Gasteiger partial charge < -0.3 is 9.13 Å². The van der Waals surface area contributed by atoms with Gasteiger partial charge in [-0.05, 0) is 141 Å². The molecule has 95 heavy (non-hydrogen) atoms. The third kappa shape index (κ3) is 9.35. The molecule has 0 aliphatic rings. The van der Waals surface area contributed by atoms with E-state index in [1.165, 1.54) is 43.4 Å². The van der Waals surface area contributed by atoms with E-state index in [2.05, 4.69) is 312 Å². The first kappa shape index (κ1) is 54.2. The zero-order chi connectivity index (χ0) is 62.5. The number of fused-ring (bicyclic) bond motifs is 10. The molecule has 0 N–H and O–H groups in total. The van der Waals surface area contributed by atoms with Gasteiger partial charge in [0.15, 0.2) is 11.6 Å². The van der Waals surface area contributed by atoms with Crippen molar-refractivity contribution in [2.75, 3.05) is 0 Å². The molecule has 0 spiro atoms. The first-order chi connectivity index (χ1) is 47.0. The Morgan fingerprint density at radius 2 is 0.558 bits per heavy atom. The van der Waals surface area contributed by atoms with Crippen LogP contribution in [-0.4, -0.2) is 39.3 Å². The first-order valence-corrected chi connectivity index (χ1v) is 32.7. The SMILES string of the molecule is c1ccc2cc(-c3ccc(-c4nc(-c5ccc(-n6c7ccccc7c7ccc(-c8nnc(-c9ccc%10c%11ccccc%11n(-c%11ccc(-c%12nc(-c%13ccc(-c%14ccc%15ccccc%15c%14)cc%13)c%13ccccc%13n%12)cc%11)c%10c9)s8)cc76)cc5)nc5ccccc45)cc3)ccc2c1. The summed E-state index contributed by atoms with van der Waals surface area (Å²) in [4.78, 5) is 20.9. The topological polar surface area (TPSA) is 87.2 Å². The van der Waals surface area contributed by atoms with E-state index in [0.717, 1.165) is 132 Å². The number of aromatic nitrogens is 8. The van der Waals surface area contributed by atoms with Crippen molar-refractivity contribution in [1.29, 1.82) is 0 Å². The molecule has 0 unspecified atom stereocenters. The van der Waals surface area contributed by atoms with Crippen molar-refractivity contribution in [3.8, 4) is 100 Å². The van der Waals surface area contributed by atoms with Crippen LogP contribution in [0.5, 0.6) is 0 Å². The minimum Gasteiger partial charge on any atom is -0.309 e. The fourth-order valence-corrected chi connectivity index (χ4v) is 14.8. The molecular formula is C86H52N8S. The molecule has 0 aliphatic carbocycles. The molecule has 442 valence electrons. The van der Waals surface area contributed by atoms with Gasteiger partial charge in [0.05, 0.1) is 44.5 Å². The third-order valence-corrected chi connectivity index (χ3v) is 19.7. The maximum Gasteiger partial charge on any atom is 0.160 e. The lowest BCUT2D eigenvalue weighted by molar-refractivity contribution is 1.10. The van der Waals surface area contributed by atoms with Crippen LogP contribution in [0.4, 0.5) is 0 Å². The zero-order valence-electron chi connectivity index (χ0n) is 51.0. The average molecular weight is 1230 g/mol. The maximum absolute atomic E-state index is 5.29. The predicted octanol–water partition coefficient (Wildman–Crippen LogP) is 22.3. The van der Waals surface area contributed by atoms with Crippen LogP contribution in [-0.2, 0) is 0 Å². The van der Waals surface area contributed by atoms with E-state index < -0.39 is 0 Å². The summed E-state index contributed by atoms with van der Waals surface area (Å²) in [5.41, 5.74) is 20.7. The lowest BCUT2D eigenvalue weighted by Crippen LogP contribution is -1.97. The normalized spacial score (nSPS) is 11.8. The quantitative estimate of drug-likeness (QED) is 0.136. The summed E-state index contributed by atoms with van der Waals surface area (Å²) in [6, 6.07) is 112. The van der Waals surface area contributed by atoms with Crippen LogP contribution in [0.25, 0.3) is 187 Å². The second-order valence-electron chi connectivity index (χ2n) is 24.3. The summed E-state index contributed by atoms with van der Waals surface area (Å²) in [7, 11) is 0. The van der Waals surface area contributed by atoms with Crippen LogP contribution in [0.15, 0.2) is 315 Å². The number of benzene rings is 14. The Balaban J connectivity index is 0.627. The molecule has 0 aliphatic heterocycles. The number of para-hydroxylation sites is 4. The molecule has 19 rings (SSSR count). The molecule has 0 saturated carbocycles. The second kappa shape index (κ2) is 22.1. The van der Waals surface area contributed by atoms with Gasteiger partial charge in [0.2, 0.25) is 0 Å². The highest BCUT2D eigenvalue weighted by molar-refractivity contribution is 7.18. The average Bonchev–Trinajstić information content (AvgIpc) is 1.64. The Labute approximate surface area is 549 Å². The van der Waals surface area contributed by atoms with E-state index in [1.54, 1.807) is 11.3 Å². The highest BCUT2D eigenvalue weighted by Crippen LogP contribution is 2.41. The molecule has 0 fully saturated rings. The molecule has 9 heteroatoms. The van der Waals surface area contributed by atoms with Crippen LogP contribution in [0.1, 0.15) is 0 Å². The minimum atomic E-state index is 0.675. The smallest absolute Gasteiger partial charge is 0.160 e. The van der Waals surface area contributed by atoms with Crippen molar-refractivity contribution in [3.63, 3.8) is 0 Å². The Bertz CT molecular complexity index is 5880. The summed E-state index contributed by atoms with van der Waals surface area (Å²) in [6.45, 7) is 0. The van der Waals surface area contributed by atoms with Gasteiger partial charge in [0.1, 0.15) is 10.0 Å². The van der Waals surface area contributed by atoms with Crippen LogP contribution in [0.3, 0.4) is 0 Å². The molecule has 0 atom stereocenters. The number of hydrogen-bond donors (Lipinski definition) is 0. The van der Waals surface area contributed by atoms with Crippen LogP contribution >= 0.6 is 11.3 Å². The van der Waals surface area contributed by atoms with E-state index in [0.29, 0.717) is 11.6 Å². The van der Waals surface area contributed by atoms with E-state index in [1.807, 2.05) is 12.1 Å². The number of rotatable bonds is 10. The van der Waals surface area contributed by atoms with Crippen LogP contribution in [0.2, 0.25) is 0 Å². The van der Waals surface area contributed by atoms with Crippen molar-refractivity contribution in [2.45, 2.75) is 0 Å². The summed E-state index contributed by atoms with van der Waals surface area (Å²) < 4.78 is 4.70. The maximum atomic E-state index is 5.29. The van der Waals surface area contributed by atoms with Crippen molar-refractivity contribution in [1.82, 2.24) is 39.3 Å². The molecular weight excluding hydrogens is 1180 g/mol. The molecule has 8 nitrogen and oxygen atoms in total. The largest absolute Gasteiger partial charge is 0.309 e. The van der Waals surface area contributed by atoms with Gasteiger partial charge >= 0.3 is 0 Å². The molecule has 5 heterocycles. The van der Waals surface area contributed by atoms with Gasteiger partial charge in [-0.15, -0.1) is 10.2 Å². The monoisotopic (exact) mass is 1230 g/mol. The lowest BCUT2D eigenvalue weighted by atomic mass is 9.98. The van der Waals surface area contributed by atoms with Gasteiger partial charge in [-0.3, -0.25) is 0 Å². The van der Waals surface area contributed by atoms with Crippen LogP contribution < -0.4 is 0 Å². The fourth-order valence-electron chi connectivity index (χ4n) is 14.0. The van der Waals surface area contributed by atoms with Gasteiger partial charge in [-0.25, -0.2) is 19.9 Å². The summed E-state index contributed by atoms with van der Waals surface area (Å²) in [6.07, 6.45) is 0. The molecule has 14 aromatic carbocycles. The van der Waals surface area contributed by atoms with Gasteiger partial charge in [-0.1, -0.05) is 230 Å². The molecule has 0 bridgehead atoms. The van der Waals surface area contributed by atoms with Gasteiger partial charge in [-0.2, -0.15) is 0 Å². The Hall–Kier alpha value is -12.6. The van der Waals surface area contributed by atoms with E-state index >= 15 is 0 Å². The Morgan fingerprint density at radius 1 is 0.221 bits per heavy atom. The molecule has 0 amide bonds. The predicted molar refractivity (Wildman–Crippen MR) is 393 cm³/mol. The first-order valence-electron chi connectivity index (χ1n) is 31.9. The molecule has 19 aromatic rings. The van der Waals surface area contributed by atoms with E-state index in [9.17, 15) is 0 Å². The standard InChI is InChI=1S/C86H52N8S/c1-3-15-61-49-63(35-29-53(61)13-1)55-25-31-57(32-26-55)81-73-19-5-9-21-75(73)87-83(89-81)59-37-43-67(44-38-59)93-77-23-11-7-17-69(77)71-47-41-65(51-79(71)93)85-91-92-86(95-85)66-42-48-72-70-18-8-12-24-78(70)94(80(72)52-66)68-45-39-60(40-46-68)84-88-76-22-10-6-20-74(76)82(90-84)58-33-27-56(28-34-58)64-36-30-54-14-2-4-16-62(54)50-64/h1-52H. The molecule has 0 saturated heterocycles. The van der Waals surface area contributed by atoms with Crippen molar-refractivity contribution >= 4 is 98.3 Å². The molecule has 0 radical (unpaired) electrons. The van der Waals surface area contributed by atoms with Gasteiger partial charge in [0.25, 0.3) is 0 Å². The lowest BCUT2D eigenvalue weighted by Gasteiger charge is -2.12. The Morgan fingerprint density at radius 3 is 1.00 bits per heavy atom. The van der Waals surface area contributed by atoms with Crippen molar-refractivity contribution in [3.05, 3.63) is 315 Å². The zero-order valence-corrected chi connectivity index (χ0v) is 51.8. The minimum absolute atomic E-state index is 0.675. The van der Waals surface area contributed by atoms with Gasteiger partial charge in [0, 0.05) is 77.1 Å². The second-order valence-corrected chi connectivity index (χ2v) is 25.3. The van der Waals surface area contributed by atoms with E-state index in [4.69, 9.17) is 30.1 Å².